The Morgan fingerprint density at radius 2 is 2.29 bits per heavy atom. The van der Waals surface area contributed by atoms with E-state index in [4.69, 9.17) is 9.47 Å². The van der Waals surface area contributed by atoms with Gasteiger partial charge in [-0.25, -0.2) is 4.98 Å². The maximum Gasteiger partial charge on any atom is 0.251 e. The Labute approximate surface area is 141 Å². The van der Waals surface area contributed by atoms with Gasteiger partial charge in [-0.05, 0) is 30.2 Å². The zero-order valence-corrected chi connectivity index (χ0v) is 13.8. The molecule has 0 saturated carbocycles. The molecule has 6 heteroatoms. The van der Waals surface area contributed by atoms with Crippen LogP contribution in [0.1, 0.15) is 15.9 Å². The molecule has 0 saturated heterocycles. The Balaban J connectivity index is 1.60. The highest BCUT2D eigenvalue weighted by atomic mass is 16.5. The first-order valence-corrected chi connectivity index (χ1v) is 7.92. The summed E-state index contributed by atoms with van der Waals surface area (Å²) in [5, 5.41) is 5.90. The standard InChI is InChI=1S/C18H21N3O3/c1-19-16-9-14(6-7-20-16)18(22)21-10-12-8-13-4-3-5-15(23-2)17(13)24-11-12/h3-7,9,12H,8,10-11H2,1-2H3,(H,19,20)(H,21,22)/t12-/m0/s1. The molecule has 0 spiro atoms. The number of methoxy groups -OCH3 is 1. The lowest BCUT2D eigenvalue weighted by molar-refractivity contribution is 0.0938. The van der Waals surface area contributed by atoms with Crippen LogP contribution in [0.15, 0.2) is 36.5 Å². The zero-order chi connectivity index (χ0) is 16.9. The number of rotatable bonds is 5. The third-order valence-electron chi connectivity index (χ3n) is 4.08. The van der Waals surface area contributed by atoms with Crippen LogP contribution in [0.3, 0.4) is 0 Å². The highest BCUT2D eigenvalue weighted by Gasteiger charge is 2.23. The van der Waals surface area contributed by atoms with Crippen LogP contribution in [-0.2, 0) is 6.42 Å². The van der Waals surface area contributed by atoms with Crippen molar-refractivity contribution in [1.29, 1.82) is 0 Å². The van der Waals surface area contributed by atoms with E-state index in [1.54, 1.807) is 32.5 Å². The van der Waals surface area contributed by atoms with Gasteiger partial charge in [0.1, 0.15) is 5.82 Å². The molecular formula is C18H21N3O3. The predicted molar refractivity (Wildman–Crippen MR) is 91.8 cm³/mol. The van der Waals surface area contributed by atoms with Gasteiger partial charge in [-0.2, -0.15) is 0 Å². The summed E-state index contributed by atoms with van der Waals surface area (Å²) in [6.07, 6.45) is 2.47. The average Bonchev–Trinajstić information content (AvgIpc) is 2.65. The lowest BCUT2D eigenvalue weighted by Crippen LogP contribution is -2.34. The fourth-order valence-corrected chi connectivity index (χ4v) is 2.80. The van der Waals surface area contributed by atoms with E-state index in [1.807, 2.05) is 18.2 Å². The van der Waals surface area contributed by atoms with Gasteiger partial charge < -0.3 is 20.1 Å². The molecule has 1 amide bonds. The number of nitrogens with one attached hydrogen (secondary N) is 2. The Bertz CT molecular complexity index is 733. The largest absolute Gasteiger partial charge is 0.493 e. The molecule has 2 heterocycles. The Morgan fingerprint density at radius 3 is 3.08 bits per heavy atom. The van der Waals surface area contributed by atoms with Crippen molar-refractivity contribution in [2.24, 2.45) is 5.92 Å². The molecule has 1 aromatic carbocycles. The van der Waals surface area contributed by atoms with Crippen molar-refractivity contribution in [3.8, 4) is 11.5 Å². The van der Waals surface area contributed by atoms with Crippen LogP contribution >= 0.6 is 0 Å². The summed E-state index contributed by atoms with van der Waals surface area (Å²) in [4.78, 5) is 16.4. The number of amides is 1. The summed E-state index contributed by atoms with van der Waals surface area (Å²) in [5.41, 5.74) is 1.70. The third-order valence-corrected chi connectivity index (χ3v) is 4.08. The van der Waals surface area contributed by atoms with E-state index in [0.717, 1.165) is 23.5 Å². The number of fused-ring (bicyclic) bond motifs is 1. The number of pyridine rings is 1. The number of aromatic nitrogens is 1. The van der Waals surface area contributed by atoms with Crippen LogP contribution in [0.4, 0.5) is 5.82 Å². The molecular weight excluding hydrogens is 306 g/mol. The molecule has 0 unspecified atom stereocenters. The van der Waals surface area contributed by atoms with Gasteiger partial charge in [0, 0.05) is 31.3 Å². The second kappa shape index (κ2) is 7.21. The van der Waals surface area contributed by atoms with Gasteiger partial charge in [-0.15, -0.1) is 0 Å². The fourth-order valence-electron chi connectivity index (χ4n) is 2.80. The van der Waals surface area contributed by atoms with Crippen molar-refractivity contribution < 1.29 is 14.3 Å². The molecule has 126 valence electrons. The van der Waals surface area contributed by atoms with Gasteiger partial charge in [0.05, 0.1) is 13.7 Å². The number of para-hydroxylation sites is 1. The minimum Gasteiger partial charge on any atom is -0.493 e. The summed E-state index contributed by atoms with van der Waals surface area (Å²) in [7, 11) is 3.41. The third kappa shape index (κ3) is 3.42. The molecule has 2 aromatic rings. The number of carbonyl (C=O) groups excluding carboxylic acids is 1. The lowest BCUT2D eigenvalue weighted by atomic mass is 9.96. The number of hydrogen-bond donors (Lipinski definition) is 2. The van der Waals surface area contributed by atoms with Crippen molar-refractivity contribution in [3.05, 3.63) is 47.7 Å². The number of ether oxygens (including phenoxy) is 2. The Morgan fingerprint density at radius 1 is 1.42 bits per heavy atom. The molecule has 0 radical (unpaired) electrons. The van der Waals surface area contributed by atoms with Crippen molar-refractivity contribution in [1.82, 2.24) is 10.3 Å². The molecule has 6 nitrogen and oxygen atoms in total. The monoisotopic (exact) mass is 327 g/mol. The molecule has 0 bridgehead atoms. The molecule has 2 N–H and O–H groups in total. The summed E-state index contributed by atoms with van der Waals surface area (Å²) in [5.74, 6) is 2.37. The summed E-state index contributed by atoms with van der Waals surface area (Å²) >= 11 is 0. The van der Waals surface area contributed by atoms with Crippen molar-refractivity contribution in [3.63, 3.8) is 0 Å². The topological polar surface area (TPSA) is 72.5 Å². The van der Waals surface area contributed by atoms with Gasteiger partial charge in [-0.3, -0.25) is 4.79 Å². The second-order valence-electron chi connectivity index (χ2n) is 5.72. The van der Waals surface area contributed by atoms with Gasteiger partial charge >= 0.3 is 0 Å². The van der Waals surface area contributed by atoms with Crippen molar-refractivity contribution in [2.75, 3.05) is 32.6 Å². The first-order valence-electron chi connectivity index (χ1n) is 7.92. The first kappa shape index (κ1) is 16.1. The summed E-state index contributed by atoms with van der Waals surface area (Å²) < 4.78 is 11.2. The predicted octanol–water partition coefficient (Wildman–Crippen LogP) is 2.11. The summed E-state index contributed by atoms with van der Waals surface area (Å²) in [6.45, 7) is 1.12. The maximum atomic E-state index is 12.3. The van der Waals surface area contributed by atoms with E-state index >= 15 is 0 Å². The van der Waals surface area contributed by atoms with E-state index in [-0.39, 0.29) is 11.8 Å². The van der Waals surface area contributed by atoms with Gasteiger partial charge in [0.15, 0.2) is 11.5 Å². The minimum absolute atomic E-state index is 0.106. The molecule has 1 aromatic heterocycles. The van der Waals surface area contributed by atoms with Crippen molar-refractivity contribution >= 4 is 11.7 Å². The highest BCUT2D eigenvalue weighted by Crippen LogP contribution is 2.35. The van der Waals surface area contributed by atoms with Crippen LogP contribution in [0.2, 0.25) is 0 Å². The van der Waals surface area contributed by atoms with E-state index in [9.17, 15) is 4.79 Å². The molecule has 1 atom stereocenters. The first-order chi connectivity index (χ1) is 11.7. The van der Waals surface area contributed by atoms with Crippen LogP contribution in [0, 0.1) is 5.92 Å². The molecule has 24 heavy (non-hydrogen) atoms. The second-order valence-corrected chi connectivity index (χ2v) is 5.72. The Hall–Kier alpha value is -2.76. The molecule has 1 aliphatic rings. The molecule has 0 fully saturated rings. The quantitative estimate of drug-likeness (QED) is 0.880. The van der Waals surface area contributed by atoms with E-state index in [0.29, 0.717) is 24.5 Å². The molecule has 3 rings (SSSR count). The minimum atomic E-state index is -0.106. The summed E-state index contributed by atoms with van der Waals surface area (Å²) in [6, 6.07) is 9.32. The SMILES string of the molecule is CNc1cc(C(=O)NC[C@H]2COc3c(cccc3OC)C2)ccn1. The smallest absolute Gasteiger partial charge is 0.251 e. The van der Waals surface area contributed by atoms with Crippen LogP contribution in [0.5, 0.6) is 11.5 Å². The number of anilines is 1. The van der Waals surface area contributed by atoms with Crippen molar-refractivity contribution in [2.45, 2.75) is 6.42 Å². The van der Waals surface area contributed by atoms with E-state index < -0.39 is 0 Å². The molecule has 1 aliphatic heterocycles. The van der Waals surface area contributed by atoms with Gasteiger partial charge in [-0.1, -0.05) is 12.1 Å². The zero-order valence-electron chi connectivity index (χ0n) is 13.8. The molecule has 0 aliphatic carbocycles. The Kier molecular flexibility index (Phi) is 4.84. The lowest BCUT2D eigenvalue weighted by Gasteiger charge is -2.26. The average molecular weight is 327 g/mol. The van der Waals surface area contributed by atoms with Gasteiger partial charge in [0.25, 0.3) is 5.91 Å². The number of carbonyl (C=O) groups is 1. The highest BCUT2D eigenvalue weighted by molar-refractivity contribution is 5.94. The van der Waals surface area contributed by atoms with E-state index in [1.165, 1.54) is 0 Å². The number of benzene rings is 1. The van der Waals surface area contributed by atoms with Crippen LogP contribution in [0.25, 0.3) is 0 Å². The normalized spacial score (nSPS) is 15.8. The van der Waals surface area contributed by atoms with Crippen LogP contribution in [-0.4, -0.2) is 38.2 Å². The maximum absolute atomic E-state index is 12.3. The van der Waals surface area contributed by atoms with Crippen LogP contribution < -0.4 is 20.1 Å². The van der Waals surface area contributed by atoms with E-state index in [2.05, 4.69) is 15.6 Å². The number of nitrogens with zero attached hydrogens (tertiary/aromatic N) is 1. The number of hydrogen-bond acceptors (Lipinski definition) is 5. The van der Waals surface area contributed by atoms with Gasteiger partial charge in [0.2, 0.25) is 0 Å². The fraction of sp³-hybridized carbons (Fsp3) is 0.333.